The highest BCUT2D eigenvalue weighted by atomic mass is 16.3. The van der Waals surface area contributed by atoms with E-state index in [1.165, 1.54) is 244 Å². The lowest BCUT2D eigenvalue weighted by Gasteiger charge is -2.19. The van der Waals surface area contributed by atoms with Crippen molar-refractivity contribution < 1.29 is 15.0 Å². The molecule has 370 valence electrons. The van der Waals surface area contributed by atoms with E-state index in [-0.39, 0.29) is 12.5 Å². The van der Waals surface area contributed by atoms with E-state index in [4.69, 9.17) is 0 Å². The minimum absolute atomic E-state index is 0.0753. The number of unbranched alkanes of at least 4 members (excludes halogenated alkanes) is 39. The molecule has 0 aromatic carbocycles. The first-order chi connectivity index (χ1) is 31.2. The van der Waals surface area contributed by atoms with Gasteiger partial charge in [-0.1, -0.05) is 274 Å². The van der Waals surface area contributed by atoms with Crippen molar-refractivity contribution in [3.63, 3.8) is 0 Å². The van der Waals surface area contributed by atoms with Gasteiger partial charge in [0, 0.05) is 6.42 Å². The van der Waals surface area contributed by atoms with E-state index in [1.807, 2.05) is 6.08 Å². The number of aliphatic hydroxyl groups excluding tert-OH is 2. The van der Waals surface area contributed by atoms with Crippen molar-refractivity contribution in [2.24, 2.45) is 0 Å². The molecule has 0 saturated carbocycles. The van der Waals surface area contributed by atoms with Crippen LogP contribution in [0.4, 0.5) is 0 Å². The van der Waals surface area contributed by atoms with Crippen molar-refractivity contribution in [3.8, 4) is 0 Å². The summed E-state index contributed by atoms with van der Waals surface area (Å²) in [5.74, 6) is -0.0753. The van der Waals surface area contributed by atoms with Gasteiger partial charge in [0.05, 0.1) is 18.8 Å². The molecule has 0 aliphatic rings. The lowest BCUT2D eigenvalue weighted by Crippen LogP contribution is -2.45. The first kappa shape index (κ1) is 61.4. The Labute approximate surface area is 394 Å². The summed E-state index contributed by atoms with van der Waals surface area (Å²) in [7, 11) is 0. The second-order valence-electron chi connectivity index (χ2n) is 19.3. The highest BCUT2D eigenvalue weighted by Gasteiger charge is 2.18. The van der Waals surface area contributed by atoms with Gasteiger partial charge < -0.3 is 15.5 Å². The number of amides is 1. The monoisotopic (exact) mass is 882 g/mol. The summed E-state index contributed by atoms with van der Waals surface area (Å²) in [6.07, 6.45) is 75.6. The van der Waals surface area contributed by atoms with Gasteiger partial charge in [-0.3, -0.25) is 4.79 Å². The number of rotatable bonds is 52. The minimum atomic E-state index is -0.871. The molecule has 4 nitrogen and oxygen atoms in total. The number of carbonyl (C=O) groups is 1. The van der Waals surface area contributed by atoms with Crippen LogP contribution in [0.5, 0.6) is 0 Å². The molecule has 0 aromatic heterocycles. The van der Waals surface area contributed by atoms with E-state index in [0.29, 0.717) is 6.42 Å². The Balaban J connectivity index is 3.54. The zero-order chi connectivity index (χ0) is 45.6. The van der Waals surface area contributed by atoms with E-state index in [9.17, 15) is 15.0 Å². The molecule has 63 heavy (non-hydrogen) atoms. The summed E-state index contributed by atoms with van der Waals surface area (Å²) in [4.78, 5) is 12.5. The van der Waals surface area contributed by atoms with Crippen LogP contribution in [0.1, 0.15) is 303 Å². The maximum absolute atomic E-state index is 12.5. The smallest absolute Gasteiger partial charge is 0.220 e. The van der Waals surface area contributed by atoms with E-state index >= 15 is 0 Å². The van der Waals surface area contributed by atoms with Crippen LogP contribution in [0.3, 0.4) is 0 Å². The molecular weight excluding hydrogens is 771 g/mol. The third kappa shape index (κ3) is 51.2. The van der Waals surface area contributed by atoms with Crippen LogP contribution < -0.4 is 5.32 Å². The summed E-state index contributed by atoms with van der Waals surface area (Å²) in [5.41, 5.74) is 0. The zero-order valence-corrected chi connectivity index (χ0v) is 42.6. The number of allylic oxidation sites excluding steroid dienone is 7. The zero-order valence-electron chi connectivity index (χ0n) is 42.6. The standard InChI is InChI=1S/C59H111NO3/c1-3-5-7-9-11-13-15-17-19-21-23-25-27-28-29-30-31-33-35-37-39-41-43-45-47-49-51-53-55-59(63)60-57(56-61)58(62)54-52-50-48-46-44-42-40-38-36-34-32-26-24-22-20-18-16-14-12-10-8-6-4-2/h28-29,36,38,44,46,52,54,57-58,61-62H,3-27,30-35,37,39-43,45,47-51,53,55-56H2,1-2H3,(H,60,63)/b29-28-,38-36+,46-44+,54-52+. The van der Waals surface area contributed by atoms with Crippen molar-refractivity contribution in [2.45, 2.75) is 315 Å². The summed E-state index contributed by atoms with van der Waals surface area (Å²) in [6.45, 7) is 4.32. The van der Waals surface area contributed by atoms with Crippen molar-refractivity contribution in [1.29, 1.82) is 0 Å². The lowest BCUT2D eigenvalue weighted by molar-refractivity contribution is -0.123. The SMILES string of the molecule is CCCCCCCCCCCCCC/C=C\CCCCCCCCCCCCCCC(=O)NC(CO)C(O)/C=C/CC/C=C/CC/C=C/CCCCCCCCCCCCCCC. The molecule has 2 unspecified atom stereocenters. The van der Waals surface area contributed by atoms with E-state index in [0.717, 1.165) is 38.5 Å². The van der Waals surface area contributed by atoms with Gasteiger partial charge in [0.1, 0.15) is 0 Å². The molecule has 0 saturated heterocycles. The molecule has 0 spiro atoms. The van der Waals surface area contributed by atoms with E-state index < -0.39 is 12.1 Å². The molecule has 4 heteroatoms. The predicted molar refractivity (Wildman–Crippen MR) is 281 cm³/mol. The van der Waals surface area contributed by atoms with Crippen LogP contribution in [0.15, 0.2) is 48.6 Å². The molecule has 0 aliphatic heterocycles. The molecule has 0 aromatic rings. The van der Waals surface area contributed by atoms with Gasteiger partial charge >= 0.3 is 0 Å². The molecule has 2 atom stereocenters. The quantitative estimate of drug-likeness (QED) is 0.0421. The van der Waals surface area contributed by atoms with E-state index in [2.05, 4.69) is 55.6 Å². The molecule has 1 amide bonds. The van der Waals surface area contributed by atoms with Crippen LogP contribution in [0, 0.1) is 0 Å². The second-order valence-corrected chi connectivity index (χ2v) is 19.3. The average molecular weight is 883 g/mol. The molecule has 0 rings (SSSR count). The van der Waals surface area contributed by atoms with Crippen molar-refractivity contribution in [3.05, 3.63) is 48.6 Å². The molecular formula is C59H111NO3. The van der Waals surface area contributed by atoms with Crippen molar-refractivity contribution in [1.82, 2.24) is 5.32 Å². The van der Waals surface area contributed by atoms with Crippen LogP contribution in [0.2, 0.25) is 0 Å². The number of nitrogens with one attached hydrogen (secondary N) is 1. The Morgan fingerprint density at radius 3 is 0.921 bits per heavy atom. The second kappa shape index (κ2) is 54.7. The molecule has 0 bridgehead atoms. The first-order valence-electron chi connectivity index (χ1n) is 28.4. The Bertz CT molecular complexity index is 1000. The highest BCUT2D eigenvalue weighted by Crippen LogP contribution is 2.16. The fraction of sp³-hybridized carbons (Fsp3) is 0.847. The third-order valence-corrected chi connectivity index (χ3v) is 13.0. The molecule has 3 N–H and O–H groups in total. The fourth-order valence-corrected chi connectivity index (χ4v) is 8.68. The van der Waals surface area contributed by atoms with Crippen LogP contribution in [-0.4, -0.2) is 34.9 Å². The normalized spacial score (nSPS) is 13.1. The summed E-state index contributed by atoms with van der Waals surface area (Å²) >= 11 is 0. The topological polar surface area (TPSA) is 69.6 Å². The average Bonchev–Trinajstić information content (AvgIpc) is 3.29. The molecule has 0 heterocycles. The predicted octanol–water partition coefficient (Wildman–Crippen LogP) is 18.6. The van der Waals surface area contributed by atoms with Crippen LogP contribution >= 0.6 is 0 Å². The van der Waals surface area contributed by atoms with Gasteiger partial charge in [-0.2, -0.15) is 0 Å². The van der Waals surface area contributed by atoms with Crippen molar-refractivity contribution in [2.75, 3.05) is 6.61 Å². The first-order valence-corrected chi connectivity index (χ1v) is 28.4. The lowest BCUT2D eigenvalue weighted by atomic mass is 10.0. The maximum Gasteiger partial charge on any atom is 0.220 e. The van der Waals surface area contributed by atoms with E-state index in [1.54, 1.807) is 6.08 Å². The number of hydrogen-bond donors (Lipinski definition) is 3. The minimum Gasteiger partial charge on any atom is -0.394 e. The Hall–Kier alpha value is -1.65. The largest absolute Gasteiger partial charge is 0.394 e. The molecule has 0 aliphatic carbocycles. The van der Waals surface area contributed by atoms with Crippen LogP contribution in [-0.2, 0) is 4.79 Å². The van der Waals surface area contributed by atoms with Gasteiger partial charge in [-0.05, 0) is 70.6 Å². The van der Waals surface area contributed by atoms with Crippen molar-refractivity contribution >= 4 is 5.91 Å². The van der Waals surface area contributed by atoms with Gasteiger partial charge in [0.25, 0.3) is 0 Å². The Morgan fingerprint density at radius 1 is 0.365 bits per heavy atom. The van der Waals surface area contributed by atoms with Gasteiger partial charge in [0.2, 0.25) is 5.91 Å². The summed E-state index contributed by atoms with van der Waals surface area (Å²) in [6, 6.07) is -0.647. The summed E-state index contributed by atoms with van der Waals surface area (Å²) < 4.78 is 0. The number of aliphatic hydroxyl groups is 2. The Kier molecular flexibility index (Phi) is 53.3. The number of hydrogen-bond acceptors (Lipinski definition) is 3. The Morgan fingerprint density at radius 2 is 0.619 bits per heavy atom. The third-order valence-electron chi connectivity index (χ3n) is 13.0. The maximum atomic E-state index is 12.5. The van der Waals surface area contributed by atoms with Gasteiger partial charge in [-0.15, -0.1) is 0 Å². The van der Waals surface area contributed by atoms with Gasteiger partial charge in [-0.25, -0.2) is 0 Å². The highest BCUT2D eigenvalue weighted by molar-refractivity contribution is 5.76. The van der Waals surface area contributed by atoms with Gasteiger partial charge in [0.15, 0.2) is 0 Å². The fourth-order valence-electron chi connectivity index (χ4n) is 8.68. The molecule has 0 fully saturated rings. The number of carbonyl (C=O) groups excluding carboxylic acids is 1. The summed E-state index contributed by atoms with van der Waals surface area (Å²) in [5, 5.41) is 23.1. The molecule has 0 radical (unpaired) electrons. The van der Waals surface area contributed by atoms with Crippen LogP contribution in [0.25, 0.3) is 0 Å².